The molecule has 0 fully saturated rings. The van der Waals surface area contributed by atoms with Crippen LogP contribution in [0.5, 0.6) is 0 Å². The zero-order chi connectivity index (χ0) is 14.6. The Morgan fingerprint density at radius 1 is 0.850 bits per heavy atom. The van der Waals surface area contributed by atoms with E-state index in [1.807, 2.05) is 19.9 Å². The van der Waals surface area contributed by atoms with Crippen LogP contribution >= 0.6 is 0 Å². The van der Waals surface area contributed by atoms with E-state index in [2.05, 4.69) is 10.2 Å². The fourth-order valence-electron chi connectivity index (χ4n) is 2.50. The second kappa shape index (κ2) is 4.00. The van der Waals surface area contributed by atoms with Gasteiger partial charge >= 0.3 is 0 Å². The van der Waals surface area contributed by atoms with Crippen molar-refractivity contribution in [1.82, 2.24) is 19.6 Å². The van der Waals surface area contributed by atoms with E-state index in [1.54, 1.807) is 6.07 Å². The number of aromatic nitrogens is 4. The lowest BCUT2D eigenvalue weighted by molar-refractivity contribution is 0.0919. The Hall–Kier alpha value is -2.50. The van der Waals surface area contributed by atoms with Gasteiger partial charge in [-0.05, 0) is 26.0 Å². The smallest absolute Gasteiger partial charge is 0.244 e. The van der Waals surface area contributed by atoms with Crippen molar-refractivity contribution in [3.63, 3.8) is 0 Å². The van der Waals surface area contributed by atoms with Crippen molar-refractivity contribution in [3.8, 4) is 0 Å². The van der Waals surface area contributed by atoms with Crippen molar-refractivity contribution in [3.05, 3.63) is 23.5 Å². The van der Waals surface area contributed by atoms with Crippen molar-refractivity contribution >= 4 is 33.6 Å². The first-order valence-electron chi connectivity index (χ1n) is 6.30. The molecule has 102 valence electrons. The monoisotopic (exact) mass is 270 g/mol. The number of benzene rings is 1. The van der Waals surface area contributed by atoms with Crippen LogP contribution in [0.25, 0.3) is 21.8 Å². The summed E-state index contributed by atoms with van der Waals surface area (Å²) < 4.78 is 2.72. The Labute approximate surface area is 115 Å². The molecule has 0 N–H and O–H groups in total. The molecule has 2 heterocycles. The van der Waals surface area contributed by atoms with Crippen LogP contribution in [-0.4, -0.2) is 31.4 Å². The van der Waals surface area contributed by atoms with E-state index >= 15 is 0 Å². The van der Waals surface area contributed by atoms with Crippen LogP contribution in [0, 0.1) is 13.8 Å². The Bertz CT molecular complexity index is 816. The van der Waals surface area contributed by atoms with Gasteiger partial charge < -0.3 is 0 Å². The number of fused-ring (bicyclic) bond motifs is 2. The first kappa shape index (κ1) is 12.5. The Morgan fingerprint density at radius 2 is 1.25 bits per heavy atom. The second-order valence-electron chi connectivity index (χ2n) is 4.92. The van der Waals surface area contributed by atoms with Gasteiger partial charge in [0, 0.05) is 24.6 Å². The van der Waals surface area contributed by atoms with Crippen LogP contribution in [0.3, 0.4) is 0 Å². The number of carbonyl (C=O) groups excluding carboxylic acids is 2. The molecule has 0 aliphatic rings. The Kier molecular flexibility index (Phi) is 2.50. The Balaban J connectivity index is 2.50. The highest BCUT2D eigenvalue weighted by Crippen LogP contribution is 2.27. The molecule has 6 heteroatoms. The summed E-state index contributed by atoms with van der Waals surface area (Å²) in [5, 5.41) is 10.3. The maximum absolute atomic E-state index is 11.6. The van der Waals surface area contributed by atoms with Gasteiger partial charge in [0.2, 0.25) is 11.8 Å². The predicted octanol–water partition coefficient (Wildman–Crippen LogP) is 2.32. The number of rotatable bonds is 0. The maximum Gasteiger partial charge on any atom is 0.244 e. The topological polar surface area (TPSA) is 69.8 Å². The third-order valence-electron chi connectivity index (χ3n) is 3.45. The summed E-state index contributed by atoms with van der Waals surface area (Å²) in [6.07, 6.45) is 0. The number of carbonyl (C=O) groups is 2. The van der Waals surface area contributed by atoms with Gasteiger partial charge in [-0.2, -0.15) is 19.6 Å². The summed E-state index contributed by atoms with van der Waals surface area (Å²) in [5.41, 5.74) is 2.97. The van der Waals surface area contributed by atoms with Crippen LogP contribution in [-0.2, 0) is 0 Å². The highest BCUT2D eigenvalue weighted by Gasteiger charge is 2.16. The predicted molar refractivity (Wildman–Crippen MR) is 75.1 cm³/mol. The van der Waals surface area contributed by atoms with Crippen molar-refractivity contribution in [2.45, 2.75) is 27.7 Å². The van der Waals surface area contributed by atoms with Crippen LogP contribution in [0.2, 0.25) is 0 Å². The first-order chi connectivity index (χ1) is 9.40. The highest BCUT2D eigenvalue weighted by atomic mass is 16.2. The lowest BCUT2D eigenvalue weighted by Crippen LogP contribution is -2.08. The zero-order valence-corrected chi connectivity index (χ0v) is 11.8. The quantitative estimate of drug-likeness (QED) is 0.628. The molecule has 0 radical (unpaired) electrons. The molecule has 2 aromatic heterocycles. The van der Waals surface area contributed by atoms with E-state index in [4.69, 9.17) is 0 Å². The fourth-order valence-corrected chi connectivity index (χ4v) is 2.50. The third kappa shape index (κ3) is 1.57. The summed E-state index contributed by atoms with van der Waals surface area (Å²) in [4.78, 5) is 23.3. The van der Waals surface area contributed by atoms with Gasteiger partial charge in [-0.3, -0.25) is 9.59 Å². The highest BCUT2D eigenvalue weighted by molar-refractivity contribution is 6.03. The molecule has 0 bridgehead atoms. The van der Waals surface area contributed by atoms with Gasteiger partial charge in [0.05, 0.1) is 22.4 Å². The molecule has 6 nitrogen and oxygen atoms in total. The first-order valence-corrected chi connectivity index (χ1v) is 6.30. The van der Waals surface area contributed by atoms with Crippen LogP contribution in [0.15, 0.2) is 12.1 Å². The second-order valence-corrected chi connectivity index (χ2v) is 4.92. The molecule has 0 saturated heterocycles. The normalized spacial score (nSPS) is 11.4. The van der Waals surface area contributed by atoms with E-state index in [0.717, 1.165) is 22.2 Å². The van der Waals surface area contributed by atoms with Gasteiger partial charge in [-0.25, -0.2) is 0 Å². The number of hydrogen-bond donors (Lipinski definition) is 0. The molecule has 0 amide bonds. The summed E-state index contributed by atoms with van der Waals surface area (Å²) in [6.45, 7) is 6.64. The minimum Gasteiger partial charge on any atom is -0.273 e. The van der Waals surface area contributed by atoms with E-state index in [1.165, 1.54) is 23.2 Å². The molecule has 0 aliphatic carbocycles. The molecule has 0 unspecified atom stereocenters. The molecular weight excluding hydrogens is 256 g/mol. The number of nitrogens with zero attached hydrogens (tertiary/aromatic N) is 4. The largest absolute Gasteiger partial charge is 0.273 e. The Morgan fingerprint density at radius 3 is 1.60 bits per heavy atom. The van der Waals surface area contributed by atoms with Crippen molar-refractivity contribution in [2.24, 2.45) is 0 Å². The van der Waals surface area contributed by atoms with Crippen molar-refractivity contribution in [1.29, 1.82) is 0 Å². The van der Waals surface area contributed by atoms with Crippen LogP contribution < -0.4 is 0 Å². The molecule has 1 aromatic carbocycles. The van der Waals surface area contributed by atoms with Crippen molar-refractivity contribution < 1.29 is 9.59 Å². The number of aryl methyl sites for hydroxylation is 2. The standard InChI is InChI=1S/C14H14N4O2/c1-7-11-5-12-8(2)16-18(10(4)20)14(12)6-13(11)17(15-7)9(3)19/h5-6H,1-4H3. The molecule has 0 spiro atoms. The fraction of sp³-hybridized carbons (Fsp3) is 0.286. The summed E-state index contributed by atoms with van der Waals surface area (Å²) in [6, 6.07) is 3.74. The lowest BCUT2D eigenvalue weighted by Gasteiger charge is -2.00. The van der Waals surface area contributed by atoms with Crippen LogP contribution in [0.1, 0.15) is 34.8 Å². The van der Waals surface area contributed by atoms with Crippen LogP contribution in [0.4, 0.5) is 0 Å². The molecule has 3 rings (SSSR count). The maximum atomic E-state index is 11.6. The molecule has 0 atom stereocenters. The zero-order valence-electron chi connectivity index (χ0n) is 11.8. The van der Waals surface area contributed by atoms with Gasteiger partial charge in [0.25, 0.3) is 0 Å². The molecule has 0 saturated carbocycles. The van der Waals surface area contributed by atoms with E-state index in [-0.39, 0.29) is 11.8 Å². The molecule has 20 heavy (non-hydrogen) atoms. The minimum absolute atomic E-state index is 0.159. The summed E-state index contributed by atoms with van der Waals surface area (Å²) in [7, 11) is 0. The van der Waals surface area contributed by atoms with E-state index in [0.29, 0.717) is 11.0 Å². The minimum atomic E-state index is -0.159. The summed E-state index contributed by atoms with van der Waals surface area (Å²) >= 11 is 0. The van der Waals surface area contributed by atoms with Gasteiger partial charge in [0.15, 0.2) is 0 Å². The van der Waals surface area contributed by atoms with Gasteiger partial charge in [0.1, 0.15) is 0 Å². The van der Waals surface area contributed by atoms with Gasteiger partial charge in [-0.15, -0.1) is 0 Å². The lowest BCUT2D eigenvalue weighted by atomic mass is 10.1. The SMILES string of the molecule is CC(=O)n1nc(C)c2cc3c(C)nn(C(C)=O)c3cc21. The molecule has 3 aromatic rings. The van der Waals surface area contributed by atoms with E-state index < -0.39 is 0 Å². The average Bonchev–Trinajstić information content (AvgIpc) is 2.87. The summed E-state index contributed by atoms with van der Waals surface area (Å²) in [5.74, 6) is -0.318. The molecule has 0 aliphatic heterocycles. The average molecular weight is 270 g/mol. The molecular formula is C14H14N4O2. The van der Waals surface area contributed by atoms with Gasteiger partial charge in [-0.1, -0.05) is 0 Å². The van der Waals surface area contributed by atoms with E-state index in [9.17, 15) is 9.59 Å². The third-order valence-corrected chi connectivity index (χ3v) is 3.45. The number of hydrogen-bond acceptors (Lipinski definition) is 4. The van der Waals surface area contributed by atoms with Crippen molar-refractivity contribution in [2.75, 3.05) is 0 Å².